The average molecular weight is 261 g/mol. The van der Waals surface area contributed by atoms with Gasteiger partial charge >= 0.3 is 5.97 Å². The minimum absolute atomic E-state index is 0.216. The van der Waals surface area contributed by atoms with Crippen LogP contribution in [0, 0.1) is 0 Å². The molecule has 0 radical (unpaired) electrons. The third kappa shape index (κ3) is 3.28. The molecule has 0 fully saturated rings. The molecular formula is C15H19NO3. The summed E-state index contributed by atoms with van der Waals surface area (Å²) in [7, 11) is 0. The van der Waals surface area contributed by atoms with Crippen LogP contribution in [0.5, 0.6) is 5.75 Å². The zero-order valence-electron chi connectivity index (χ0n) is 11.4. The first-order valence-electron chi connectivity index (χ1n) is 6.62. The van der Waals surface area contributed by atoms with E-state index in [4.69, 9.17) is 9.47 Å². The van der Waals surface area contributed by atoms with E-state index in [9.17, 15) is 4.79 Å². The molecule has 0 bridgehead atoms. The first-order valence-corrected chi connectivity index (χ1v) is 6.62. The van der Waals surface area contributed by atoms with Crippen molar-refractivity contribution in [1.29, 1.82) is 0 Å². The lowest BCUT2D eigenvalue weighted by molar-refractivity contribution is -0.143. The van der Waals surface area contributed by atoms with Gasteiger partial charge in [-0.2, -0.15) is 0 Å². The quantitative estimate of drug-likeness (QED) is 0.750. The molecule has 4 heteroatoms. The van der Waals surface area contributed by atoms with Crippen LogP contribution in [0.15, 0.2) is 30.5 Å². The monoisotopic (exact) mass is 261 g/mol. The molecule has 2 rings (SSSR count). The summed E-state index contributed by atoms with van der Waals surface area (Å²) in [6.07, 6.45) is 2.88. The van der Waals surface area contributed by atoms with E-state index in [-0.39, 0.29) is 12.5 Å². The van der Waals surface area contributed by atoms with Crippen molar-refractivity contribution in [3.8, 4) is 5.75 Å². The van der Waals surface area contributed by atoms with Gasteiger partial charge in [-0.3, -0.25) is 4.79 Å². The van der Waals surface area contributed by atoms with Gasteiger partial charge in [0.25, 0.3) is 0 Å². The number of ether oxygens (including phenoxy) is 2. The summed E-state index contributed by atoms with van der Waals surface area (Å²) in [5.74, 6) is 0.648. The zero-order chi connectivity index (χ0) is 13.7. The highest BCUT2D eigenvalue weighted by Crippen LogP contribution is 2.22. The van der Waals surface area contributed by atoms with Crippen molar-refractivity contribution in [2.75, 3.05) is 13.2 Å². The number of esters is 1. The van der Waals surface area contributed by atoms with Gasteiger partial charge in [-0.05, 0) is 37.6 Å². The normalized spacial score (nSPS) is 10.6. The Morgan fingerprint density at radius 3 is 2.84 bits per heavy atom. The summed E-state index contributed by atoms with van der Waals surface area (Å²) in [6.45, 7) is 5.26. The summed E-state index contributed by atoms with van der Waals surface area (Å²) in [4.78, 5) is 11.5. The van der Waals surface area contributed by atoms with E-state index in [0.717, 1.165) is 29.7 Å². The van der Waals surface area contributed by atoms with E-state index >= 15 is 0 Å². The molecule has 0 amide bonds. The number of hydrogen-bond donors (Lipinski definition) is 0. The molecule has 0 spiro atoms. The van der Waals surface area contributed by atoms with Crippen molar-refractivity contribution in [2.24, 2.45) is 0 Å². The Morgan fingerprint density at radius 2 is 2.11 bits per heavy atom. The minimum atomic E-state index is -0.216. The van der Waals surface area contributed by atoms with E-state index < -0.39 is 0 Å². The molecule has 0 unspecified atom stereocenters. The number of fused-ring (bicyclic) bond motifs is 1. The van der Waals surface area contributed by atoms with Gasteiger partial charge in [-0.15, -0.1) is 0 Å². The van der Waals surface area contributed by atoms with Crippen LogP contribution in [0.2, 0.25) is 0 Å². The second-order valence-electron chi connectivity index (χ2n) is 4.32. The van der Waals surface area contributed by atoms with Crippen molar-refractivity contribution >= 4 is 16.9 Å². The maximum absolute atomic E-state index is 11.5. The second kappa shape index (κ2) is 6.27. The number of rotatable bonds is 6. The molecule has 0 aliphatic carbocycles. The van der Waals surface area contributed by atoms with Gasteiger partial charge in [0.2, 0.25) is 0 Å². The number of carbonyl (C=O) groups excluding carboxylic acids is 1. The number of hydrogen-bond acceptors (Lipinski definition) is 3. The predicted octanol–water partition coefficient (Wildman–Crippen LogP) is 2.99. The highest BCUT2D eigenvalue weighted by atomic mass is 16.5. The molecule has 1 aromatic heterocycles. The molecule has 0 aliphatic rings. The van der Waals surface area contributed by atoms with Crippen LogP contribution in [0.25, 0.3) is 10.9 Å². The molecule has 0 atom stereocenters. The molecule has 0 saturated heterocycles. The molecule has 1 aromatic carbocycles. The first kappa shape index (κ1) is 13.5. The van der Waals surface area contributed by atoms with Crippen LogP contribution < -0.4 is 4.74 Å². The highest BCUT2D eigenvalue weighted by Gasteiger charge is 2.07. The maximum atomic E-state index is 11.5. The Bertz CT molecular complexity index is 560. The number of benzene rings is 1. The molecule has 4 nitrogen and oxygen atoms in total. The fraction of sp³-hybridized carbons (Fsp3) is 0.400. The van der Waals surface area contributed by atoms with Gasteiger partial charge in [-0.25, -0.2) is 0 Å². The smallest absolute Gasteiger partial charge is 0.325 e. The highest BCUT2D eigenvalue weighted by molar-refractivity contribution is 5.83. The Balaban J connectivity index is 2.17. The van der Waals surface area contributed by atoms with Gasteiger partial charge in [0, 0.05) is 17.1 Å². The summed E-state index contributed by atoms with van der Waals surface area (Å²) >= 11 is 0. The maximum Gasteiger partial charge on any atom is 0.325 e. The van der Waals surface area contributed by atoms with E-state index in [1.54, 1.807) is 0 Å². The third-order valence-electron chi connectivity index (χ3n) is 2.82. The fourth-order valence-corrected chi connectivity index (χ4v) is 1.97. The van der Waals surface area contributed by atoms with Crippen molar-refractivity contribution in [3.63, 3.8) is 0 Å². The molecule has 0 saturated carbocycles. The molecule has 102 valence electrons. The summed E-state index contributed by atoms with van der Waals surface area (Å²) in [5, 5.41) is 1.07. The van der Waals surface area contributed by atoms with Gasteiger partial charge in [0.1, 0.15) is 12.3 Å². The average Bonchev–Trinajstić information content (AvgIpc) is 2.79. The van der Waals surface area contributed by atoms with Crippen LogP contribution in [0.4, 0.5) is 0 Å². The van der Waals surface area contributed by atoms with Crippen molar-refractivity contribution < 1.29 is 14.3 Å². The largest absolute Gasteiger partial charge is 0.494 e. The first-order chi connectivity index (χ1) is 9.24. The molecule has 19 heavy (non-hydrogen) atoms. The zero-order valence-corrected chi connectivity index (χ0v) is 11.4. The SMILES string of the molecule is CCCOc1ccc2c(ccn2CC(=O)OCC)c1. The molecule has 0 N–H and O–H groups in total. The summed E-state index contributed by atoms with van der Waals surface area (Å²) < 4.78 is 12.4. The Labute approximate surface area is 112 Å². The Morgan fingerprint density at radius 1 is 1.26 bits per heavy atom. The van der Waals surface area contributed by atoms with Crippen molar-refractivity contribution in [1.82, 2.24) is 4.57 Å². The van der Waals surface area contributed by atoms with E-state index in [1.165, 1.54) is 0 Å². The summed E-state index contributed by atoms with van der Waals surface area (Å²) in [5.41, 5.74) is 1.01. The lowest BCUT2D eigenvalue weighted by Crippen LogP contribution is -2.12. The number of nitrogens with zero attached hydrogens (tertiary/aromatic N) is 1. The van der Waals surface area contributed by atoms with Gasteiger partial charge in [0.05, 0.1) is 13.2 Å². The van der Waals surface area contributed by atoms with Crippen LogP contribution in [-0.2, 0) is 16.1 Å². The van der Waals surface area contributed by atoms with E-state index in [1.807, 2.05) is 42.0 Å². The lowest BCUT2D eigenvalue weighted by atomic mass is 10.2. The van der Waals surface area contributed by atoms with Crippen molar-refractivity contribution in [3.05, 3.63) is 30.5 Å². The van der Waals surface area contributed by atoms with E-state index in [2.05, 4.69) is 6.92 Å². The summed E-state index contributed by atoms with van der Waals surface area (Å²) in [6, 6.07) is 7.87. The van der Waals surface area contributed by atoms with Gasteiger partial charge in [0.15, 0.2) is 0 Å². The predicted molar refractivity (Wildman–Crippen MR) is 74.4 cm³/mol. The fourth-order valence-electron chi connectivity index (χ4n) is 1.97. The molecule has 0 aliphatic heterocycles. The van der Waals surface area contributed by atoms with Crippen LogP contribution in [0.3, 0.4) is 0 Å². The lowest BCUT2D eigenvalue weighted by Gasteiger charge is -2.07. The van der Waals surface area contributed by atoms with E-state index in [0.29, 0.717) is 6.61 Å². The number of carbonyl (C=O) groups is 1. The van der Waals surface area contributed by atoms with Crippen LogP contribution >= 0.6 is 0 Å². The molecule has 1 heterocycles. The van der Waals surface area contributed by atoms with Crippen LogP contribution in [0.1, 0.15) is 20.3 Å². The topological polar surface area (TPSA) is 40.5 Å². The standard InChI is InChI=1S/C15H19NO3/c1-3-9-19-13-5-6-14-12(10-13)7-8-16(14)11-15(17)18-4-2/h5-8,10H,3-4,9,11H2,1-2H3. The van der Waals surface area contributed by atoms with Crippen LogP contribution in [-0.4, -0.2) is 23.8 Å². The molecule has 2 aromatic rings. The van der Waals surface area contributed by atoms with Gasteiger partial charge < -0.3 is 14.0 Å². The van der Waals surface area contributed by atoms with Crippen molar-refractivity contribution in [2.45, 2.75) is 26.8 Å². The van der Waals surface area contributed by atoms with Gasteiger partial charge in [-0.1, -0.05) is 6.92 Å². The molecular weight excluding hydrogens is 242 g/mol. The third-order valence-corrected chi connectivity index (χ3v) is 2.82. The number of aromatic nitrogens is 1. The Kier molecular flexibility index (Phi) is 4.44. The Hall–Kier alpha value is -1.97. The minimum Gasteiger partial charge on any atom is -0.494 e. The second-order valence-corrected chi connectivity index (χ2v) is 4.32.